The SMILES string of the molecule is CC1=C(C(=O)OC2CCCC2)C(c2cccc3ccccc23)C2=C(CC(C)(C)CC2=O)N1. The summed E-state index contributed by atoms with van der Waals surface area (Å²) in [5.74, 6) is -0.570. The molecule has 0 radical (unpaired) electrons. The van der Waals surface area contributed by atoms with Crippen molar-refractivity contribution in [2.75, 3.05) is 0 Å². The maximum atomic E-state index is 13.5. The molecule has 0 bridgehead atoms. The van der Waals surface area contributed by atoms with Crippen molar-refractivity contribution >= 4 is 22.5 Å². The number of rotatable bonds is 3. The van der Waals surface area contributed by atoms with Gasteiger partial charge in [0, 0.05) is 29.3 Å². The molecule has 2 aromatic carbocycles. The number of ether oxygens (including phenoxy) is 1. The van der Waals surface area contributed by atoms with E-state index in [1.54, 1.807) is 0 Å². The molecule has 4 nitrogen and oxygen atoms in total. The largest absolute Gasteiger partial charge is 0.459 e. The van der Waals surface area contributed by atoms with Crippen molar-refractivity contribution in [3.05, 3.63) is 70.6 Å². The van der Waals surface area contributed by atoms with Gasteiger partial charge >= 0.3 is 5.97 Å². The molecule has 1 saturated carbocycles. The molecule has 2 aliphatic carbocycles. The third kappa shape index (κ3) is 3.66. The van der Waals surface area contributed by atoms with Gasteiger partial charge in [-0.2, -0.15) is 0 Å². The first-order valence-corrected chi connectivity index (χ1v) is 11.8. The number of hydrogen-bond donors (Lipinski definition) is 1. The van der Waals surface area contributed by atoms with Crippen LogP contribution in [0.4, 0.5) is 0 Å². The highest BCUT2D eigenvalue weighted by Crippen LogP contribution is 2.48. The van der Waals surface area contributed by atoms with Crippen LogP contribution in [0.2, 0.25) is 0 Å². The van der Waals surface area contributed by atoms with Gasteiger partial charge in [-0.3, -0.25) is 4.79 Å². The summed E-state index contributed by atoms with van der Waals surface area (Å²) in [6.07, 6.45) is 5.30. The number of hydrogen-bond acceptors (Lipinski definition) is 4. The second-order valence-electron chi connectivity index (χ2n) is 10.3. The molecule has 1 unspecified atom stereocenters. The van der Waals surface area contributed by atoms with Crippen LogP contribution in [0.25, 0.3) is 10.8 Å². The highest BCUT2D eigenvalue weighted by molar-refractivity contribution is 6.05. The lowest BCUT2D eigenvalue weighted by Gasteiger charge is -2.39. The predicted octanol–water partition coefficient (Wildman–Crippen LogP) is 5.93. The molecule has 1 heterocycles. The van der Waals surface area contributed by atoms with Gasteiger partial charge in [-0.25, -0.2) is 4.79 Å². The van der Waals surface area contributed by atoms with E-state index in [9.17, 15) is 9.59 Å². The number of allylic oxidation sites excluding steroid dienone is 3. The highest BCUT2D eigenvalue weighted by Gasteiger charge is 2.43. The first kappa shape index (κ1) is 21.0. The van der Waals surface area contributed by atoms with Crippen molar-refractivity contribution in [3.63, 3.8) is 0 Å². The fraction of sp³-hybridized carbons (Fsp3) is 0.429. The summed E-state index contributed by atoms with van der Waals surface area (Å²) in [7, 11) is 0. The summed E-state index contributed by atoms with van der Waals surface area (Å²) in [4.78, 5) is 27.0. The Kier molecular flexibility index (Phi) is 5.19. The average Bonchev–Trinajstić information content (AvgIpc) is 3.24. The van der Waals surface area contributed by atoms with Gasteiger partial charge in [0.1, 0.15) is 6.10 Å². The summed E-state index contributed by atoms with van der Waals surface area (Å²) in [5, 5.41) is 5.63. The molecule has 4 heteroatoms. The van der Waals surface area contributed by atoms with Gasteiger partial charge in [0.15, 0.2) is 5.78 Å². The van der Waals surface area contributed by atoms with Crippen molar-refractivity contribution < 1.29 is 14.3 Å². The molecule has 5 rings (SSSR count). The number of nitrogens with one attached hydrogen (secondary N) is 1. The van der Waals surface area contributed by atoms with E-state index in [2.05, 4.69) is 43.4 Å². The van der Waals surface area contributed by atoms with E-state index < -0.39 is 5.92 Å². The first-order chi connectivity index (χ1) is 15.3. The Bertz CT molecular complexity index is 1160. The standard InChI is InChI=1S/C28H31NO3/c1-17-24(27(31)32-19-11-5-6-12-19)25(21-14-8-10-18-9-4-7-13-20(18)21)26-22(29-17)15-28(2,3)16-23(26)30/h4,7-10,13-14,19,25,29H,5-6,11-12,15-16H2,1-3H3. The number of ketones is 1. The van der Waals surface area contributed by atoms with Gasteiger partial charge in [-0.15, -0.1) is 0 Å². The second kappa shape index (κ2) is 7.91. The number of carbonyl (C=O) groups excluding carboxylic acids is 2. The Morgan fingerprint density at radius 3 is 2.53 bits per heavy atom. The number of esters is 1. The summed E-state index contributed by atoms with van der Waals surface area (Å²) in [6.45, 7) is 6.21. The molecular formula is C28H31NO3. The first-order valence-electron chi connectivity index (χ1n) is 11.8. The van der Waals surface area contributed by atoms with Crippen molar-refractivity contribution in [2.45, 2.75) is 71.3 Å². The summed E-state index contributed by atoms with van der Waals surface area (Å²) in [6, 6.07) is 14.4. The number of carbonyl (C=O) groups is 2. The molecule has 3 aliphatic rings. The smallest absolute Gasteiger partial charge is 0.337 e. The van der Waals surface area contributed by atoms with Crippen molar-refractivity contribution in [2.24, 2.45) is 5.41 Å². The molecule has 1 fully saturated rings. The third-order valence-electron chi connectivity index (χ3n) is 7.17. The Morgan fingerprint density at radius 2 is 1.75 bits per heavy atom. The van der Waals surface area contributed by atoms with Crippen molar-refractivity contribution in [1.82, 2.24) is 5.32 Å². The lowest BCUT2D eigenvalue weighted by Crippen LogP contribution is -2.39. The summed E-state index contributed by atoms with van der Waals surface area (Å²) >= 11 is 0. The lowest BCUT2D eigenvalue weighted by atomic mass is 9.68. The van der Waals surface area contributed by atoms with Crippen LogP contribution in [0, 0.1) is 5.41 Å². The molecule has 0 spiro atoms. The topological polar surface area (TPSA) is 55.4 Å². The fourth-order valence-electron chi connectivity index (χ4n) is 5.74. The van der Waals surface area contributed by atoms with Crippen LogP contribution in [0.5, 0.6) is 0 Å². The average molecular weight is 430 g/mol. The Hall–Kier alpha value is -2.88. The van der Waals surface area contributed by atoms with E-state index in [1.165, 1.54) is 0 Å². The number of fused-ring (bicyclic) bond motifs is 1. The second-order valence-corrected chi connectivity index (χ2v) is 10.3. The van der Waals surface area contributed by atoms with Crippen LogP contribution in [0.3, 0.4) is 0 Å². The van der Waals surface area contributed by atoms with Crippen molar-refractivity contribution in [3.8, 4) is 0 Å². The van der Waals surface area contributed by atoms with E-state index >= 15 is 0 Å². The highest BCUT2D eigenvalue weighted by atomic mass is 16.5. The Balaban J connectivity index is 1.67. The van der Waals surface area contributed by atoms with Crippen molar-refractivity contribution in [1.29, 1.82) is 0 Å². The maximum Gasteiger partial charge on any atom is 0.337 e. The molecule has 1 atom stereocenters. The van der Waals surface area contributed by atoms with E-state index in [0.29, 0.717) is 12.0 Å². The minimum Gasteiger partial charge on any atom is -0.459 e. The zero-order valence-electron chi connectivity index (χ0n) is 19.2. The third-order valence-corrected chi connectivity index (χ3v) is 7.17. The monoisotopic (exact) mass is 429 g/mol. The Labute approximate surface area is 189 Å². The molecular weight excluding hydrogens is 398 g/mol. The van der Waals surface area contributed by atoms with E-state index in [4.69, 9.17) is 4.74 Å². The van der Waals surface area contributed by atoms with Gasteiger partial charge in [-0.05, 0) is 60.8 Å². The minimum atomic E-state index is -0.408. The Morgan fingerprint density at radius 1 is 1.03 bits per heavy atom. The lowest BCUT2D eigenvalue weighted by molar-refractivity contribution is -0.144. The van der Waals surface area contributed by atoms with Crippen LogP contribution in [0.1, 0.15) is 70.8 Å². The molecule has 1 aliphatic heterocycles. The molecule has 0 aromatic heterocycles. The molecule has 0 amide bonds. The maximum absolute atomic E-state index is 13.5. The van der Waals surface area contributed by atoms with Crippen LogP contribution in [0.15, 0.2) is 65.0 Å². The summed E-state index contributed by atoms with van der Waals surface area (Å²) in [5.41, 5.74) is 3.98. The van der Waals surface area contributed by atoms with Crippen LogP contribution in [-0.2, 0) is 14.3 Å². The van der Waals surface area contributed by atoms with E-state index in [0.717, 1.165) is 65.4 Å². The molecule has 32 heavy (non-hydrogen) atoms. The van der Waals surface area contributed by atoms with E-state index in [-0.39, 0.29) is 23.3 Å². The van der Waals surface area contributed by atoms with E-state index in [1.807, 2.05) is 25.1 Å². The molecule has 2 aromatic rings. The van der Waals surface area contributed by atoms with Crippen LogP contribution in [-0.4, -0.2) is 17.9 Å². The number of Topliss-reactive ketones (excluding diaryl/α,β-unsaturated/α-hetero) is 1. The van der Waals surface area contributed by atoms with Gasteiger partial charge in [-0.1, -0.05) is 56.3 Å². The number of dihydropyridines is 1. The molecule has 0 saturated heterocycles. The van der Waals surface area contributed by atoms with Gasteiger partial charge in [0.2, 0.25) is 0 Å². The van der Waals surface area contributed by atoms with Crippen LogP contribution >= 0.6 is 0 Å². The summed E-state index contributed by atoms with van der Waals surface area (Å²) < 4.78 is 5.97. The van der Waals surface area contributed by atoms with Gasteiger partial charge < -0.3 is 10.1 Å². The fourth-order valence-corrected chi connectivity index (χ4v) is 5.74. The quantitative estimate of drug-likeness (QED) is 0.615. The minimum absolute atomic E-state index is 0.0210. The zero-order valence-corrected chi connectivity index (χ0v) is 19.2. The van der Waals surface area contributed by atoms with Crippen LogP contribution < -0.4 is 5.32 Å². The number of benzene rings is 2. The van der Waals surface area contributed by atoms with Gasteiger partial charge in [0.25, 0.3) is 0 Å². The predicted molar refractivity (Wildman–Crippen MR) is 126 cm³/mol. The molecule has 1 N–H and O–H groups in total. The zero-order chi connectivity index (χ0) is 22.5. The molecule has 166 valence electrons. The van der Waals surface area contributed by atoms with Gasteiger partial charge in [0.05, 0.1) is 5.57 Å². The normalized spacial score (nSPS) is 23.3.